The zero-order valence-electron chi connectivity index (χ0n) is 13.7. The van der Waals surface area contributed by atoms with Crippen molar-refractivity contribution in [2.75, 3.05) is 18.0 Å². The molecule has 0 bridgehead atoms. The van der Waals surface area contributed by atoms with E-state index in [2.05, 4.69) is 16.9 Å². The fourth-order valence-corrected chi connectivity index (χ4v) is 3.46. The van der Waals surface area contributed by atoms with Gasteiger partial charge in [-0.1, -0.05) is 36.7 Å². The largest absolute Gasteiger partial charge is 0.341 e. The highest BCUT2D eigenvalue weighted by Gasteiger charge is 2.21. The van der Waals surface area contributed by atoms with Gasteiger partial charge in [0.2, 0.25) is 5.95 Å². The summed E-state index contributed by atoms with van der Waals surface area (Å²) in [6, 6.07) is 7.83. The zero-order chi connectivity index (χ0) is 16.5. The summed E-state index contributed by atoms with van der Waals surface area (Å²) in [6.45, 7) is 5.01. The number of rotatable bonds is 4. The van der Waals surface area contributed by atoms with Gasteiger partial charge in [-0.25, -0.2) is 9.67 Å². The summed E-state index contributed by atoms with van der Waals surface area (Å²) in [7, 11) is 0. The molecule has 5 nitrogen and oxygen atoms in total. The molecule has 2 aromatic heterocycles. The normalized spacial score (nSPS) is 14.7. The van der Waals surface area contributed by atoms with E-state index >= 15 is 0 Å². The van der Waals surface area contributed by atoms with E-state index in [9.17, 15) is 0 Å². The molecular formula is C18H20ClN5. The van der Waals surface area contributed by atoms with Crippen LogP contribution in [0.5, 0.6) is 0 Å². The molecule has 4 rings (SSSR count). The van der Waals surface area contributed by atoms with Gasteiger partial charge in [0.15, 0.2) is 5.65 Å². The lowest BCUT2D eigenvalue weighted by Gasteiger charge is -2.17. The minimum Gasteiger partial charge on any atom is -0.341 e. The van der Waals surface area contributed by atoms with Crippen LogP contribution in [0, 0.1) is 0 Å². The van der Waals surface area contributed by atoms with Crippen molar-refractivity contribution in [2.24, 2.45) is 0 Å². The molecule has 3 heterocycles. The zero-order valence-corrected chi connectivity index (χ0v) is 14.5. The first-order valence-corrected chi connectivity index (χ1v) is 8.89. The van der Waals surface area contributed by atoms with Gasteiger partial charge in [0.25, 0.3) is 0 Å². The van der Waals surface area contributed by atoms with Gasteiger partial charge < -0.3 is 4.90 Å². The highest BCUT2D eigenvalue weighted by Crippen LogP contribution is 2.33. The van der Waals surface area contributed by atoms with E-state index < -0.39 is 0 Å². The summed E-state index contributed by atoms with van der Waals surface area (Å²) in [5.41, 5.74) is 2.70. The quantitative estimate of drug-likeness (QED) is 0.715. The van der Waals surface area contributed by atoms with E-state index in [1.54, 1.807) is 0 Å². The molecule has 0 amide bonds. The standard InChI is InChI=1S/C18H20ClN5/c1-2-9-24-17-14(12-20-24)16(13-7-3-4-8-15(13)19)21-18(22-17)23-10-5-6-11-23/h3-4,7-8,12H,2,5-6,9-11H2,1H3. The van der Waals surface area contributed by atoms with Gasteiger partial charge in [-0.15, -0.1) is 0 Å². The number of hydrogen-bond acceptors (Lipinski definition) is 4. The van der Waals surface area contributed by atoms with Crippen molar-refractivity contribution in [3.8, 4) is 11.3 Å². The van der Waals surface area contributed by atoms with E-state index in [4.69, 9.17) is 21.6 Å². The maximum atomic E-state index is 6.44. The van der Waals surface area contributed by atoms with Crippen molar-refractivity contribution in [1.29, 1.82) is 0 Å². The highest BCUT2D eigenvalue weighted by atomic mass is 35.5. The maximum Gasteiger partial charge on any atom is 0.227 e. The van der Waals surface area contributed by atoms with Crippen LogP contribution in [0.4, 0.5) is 5.95 Å². The highest BCUT2D eigenvalue weighted by molar-refractivity contribution is 6.33. The molecule has 1 aromatic carbocycles. The van der Waals surface area contributed by atoms with Gasteiger partial charge >= 0.3 is 0 Å². The van der Waals surface area contributed by atoms with Gasteiger partial charge in [0.05, 0.1) is 17.3 Å². The molecule has 0 N–H and O–H groups in total. The fraction of sp³-hybridized carbons (Fsp3) is 0.389. The maximum absolute atomic E-state index is 6.44. The Labute approximate surface area is 146 Å². The third kappa shape index (κ3) is 2.63. The van der Waals surface area contributed by atoms with Crippen LogP contribution in [0.25, 0.3) is 22.3 Å². The second kappa shape index (κ2) is 6.40. The predicted octanol–water partition coefficient (Wildman–Crippen LogP) is 4.16. The van der Waals surface area contributed by atoms with Crippen molar-refractivity contribution in [3.63, 3.8) is 0 Å². The summed E-state index contributed by atoms with van der Waals surface area (Å²) in [4.78, 5) is 11.9. The molecule has 1 saturated heterocycles. The van der Waals surface area contributed by atoms with Gasteiger partial charge in [0.1, 0.15) is 0 Å². The number of anilines is 1. The van der Waals surface area contributed by atoms with Crippen molar-refractivity contribution in [2.45, 2.75) is 32.7 Å². The number of aryl methyl sites for hydroxylation is 1. The Morgan fingerprint density at radius 3 is 2.67 bits per heavy atom. The van der Waals surface area contributed by atoms with Crippen LogP contribution in [-0.2, 0) is 6.54 Å². The third-order valence-electron chi connectivity index (χ3n) is 4.44. The van der Waals surface area contributed by atoms with E-state index in [-0.39, 0.29) is 0 Å². The van der Waals surface area contributed by atoms with Crippen molar-refractivity contribution in [1.82, 2.24) is 19.7 Å². The Bertz CT molecular complexity index is 867. The lowest BCUT2D eigenvalue weighted by atomic mass is 10.1. The van der Waals surface area contributed by atoms with E-state index in [1.165, 1.54) is 12.8 Å². The Morgan fingerprint density at radius 1 is 1.12 bits per heavy atom. The molecular weight excluding hydrogens is 322 g/mol. The van der Waals surface area contributed by atoms with Crippen molar-refractivity contribution in [3.05, 3.63) is 35.5 Å². The Morgan fingerprint density at radius 2 is 1.92 bits per heavy atom. The van der Waals surface area contributed by atoms with Crippen LogP contribution >= 0.6 is 11.6 Å². The van der Waals surface area contributed by atoms with Crippen LogP contribution < -0.4 is 4.90 Å². The third-order valence-corrected chi connectivity index (χ3v) is 4.77. The Hall–Kier alpha value is -2.14. The first-order valence-electron chi connectivity index (χ1n) is 8.51. The van der Waals surface area contributed by atoms with E-state index in [0.717, 1.165) is 54.3 Å². The summed E-state index contributed by atoms with van der Waals surface area (Å²) in [6.07, 6.45) is 5.26. The molecule has 6 heteroatoms. The first kappa shape index (κ1) is 15.4. The number of nitrogens with zero attached hydrogens (tertiary/aromatic N) is 5. The van der Waals surface area contributed by atoms with E-state index in [0.29, 0.717) is 5.02 Å². The molecule has 1 fully saturated rings. The topological polar surface area (TPSA) is 46.8 Å². The minimum absolute atomic E-state index is 0.702. The number of hydrogen-bond donors (Lipinski definition) is 0. The molecule has 0 atom stereocenters. The second-order valence-electron chi connectivity index (χ2n) is 6.15. The summed E-state index contributed by atoms with van der Waals surface area (Å²) in [5.74, 6) is 0.785. The predicted molar refractivity (Wildman–Crippen MR) is 97.5 cm³/mol. The van der Waals surface area contributed by atoms with Crippen LogP contribution in [0.15, 0.2) is 30.5 Å². The average molecular weight is 342 g/mol. The van der Waals surface area contributed by atoms with Crippen molar-refractivity contribution >= 4 is 28.6 Å². The number of benzene rings is 1. The molecule has 3 aromatic rings. The van der Waals surface area contributed by atoms with E-state index in [1.807, 2.05) is 35.1 Å². The lowest BCUT2D eigenvalue weighted by Crippen LogP contribution is -2.21. The van der Waals surface area contributed by atoms with Crippen LogP contribution in [-0.4, -0.2) is 32.8 Å². The molecule has 0 spiro atoms. The molecule has 1 aliphatic heterocycles. The van der Waals surface area contributed by atoms with Crippen molar-refractivity contribution < 1.29 is 0 Å². The van der Waals surface area contributed by atoms with Crippen LogP contribution in [0.3, 0.4) is 0 Å². The average Bonchev–Trinajstić information content (AvgIpc) is 3.25. The van der Waals surface area contributed by atoms with Crippen LogP contribution in [0.2, 0.25) is 5.02 Å². The summed E-state index contributed by atoms with van der Waals surface area (Å²) < 4.78 is 1.97. The van der Waals surface area contributed by atoms with Gasteiger partial charge in [-0.05, 0) is 25.3 Å². The monoisotopic (exact) mass is 341 g/mol. The summed E-state index contributed by atoms with van der Waals surface area (Å²) in [5, 5.41) is 6.18. The Balaban J connectivity index is 1.95. The molecule has 124 valence electrons. The molecule has 0 radical (unpaired) electrons. The number of aromatic nitrogens is 4. The number of halogens is 1. The number of fused-ring (bicyclic) bond motifs is 1. The van der Waals surface area contributed by atoms with Gasteiger partial charge in [0, 0.05) is 30.2 Å². The first-order chi connectivity index (χ1) is 11.8. The van der Waals surface area contributed by atoms with Gasteiger partial charge in [-0.3, -0.25) is 0 Å². The molecule has 0 saturated carbocycles. The molecule has 24 heavy (non-hydrogen) atoms. The lowest BCUT2D eigenvalue weighted by molar-refractivity contribution is 0.616. The molecule has 0 unspecified atom stereocenters. The SMILES string of the molecule is CCCn1ncc2c(-c3ccccc3Cl)nc(N3CCCC3)nc21. The summed E-state index contributed by atoms with van der Waals surface area (Å²) >= 11 is 6.44. The molecule has 0 aliphatic carbocycles. The Kier molecular flexibility index (Phi) is 4.10. The minimum atomic E-state index is 0.702. The van der Waals surface area contributed by atoms with Gasteiger partial charge in [-0.2, -0.15) is 10.1 Å². The molecule has 1 aliphatic rings. The fourth-order valence-electron chi connectivity index (χ4n) is 3.24. The second-order valence-corrected chi connectivity index (χ2v) is 6.56. The van der Waals surface area contributed by atoms with Crippen LogP contribution in [0.1, 0.15) is 26.2 Å². The smallest absolute Gasteiger partial charge is 0.227 e.